The van der Waals surface area contributed by atoms with Gasteiger partial charge in [0.25, 0.3) is 0 Å². The molecule has 0 bridgehead atoms. The van der Waals surface area contributed by atoms with Crippen molar-refractivity contribution in [3.05, 3.63) is 54.1 Å². The van der Waals surface area contributed by atoms with Crippen LogP contribution in [-0.2, 0) is 25.7 Å². The van der Waals surface area contributed by atoms with Crippen molar-refractivity contribution in [3.8, 4) is 5.75 Å². The van der Waals surface area contributed by atoms with Crippen molar-refractivity contribution in [1.82, 2.24) is 4.90 Å². The number of benzene rings is 2. The lowest BCUT2D eigenvalue weighted by molar-refractivity contribution is 0.0636. The molecule has 8 nitrogen and oxygen atoms in total. The number of rotatable bonds is 14. The minimum absolute atomic E-state index is 0.118. The fraction of sp³-hybridized carbons (Fsp3) is 0.552. The molecule has 0 radical (unpaired) electrons. The topological polar surface area (TPSA) is 85.4 Å². The standard InChI is InChI=1S/C29H42N2O6S/c1-5-30(29(32)37-23(2)3)18-16-24-8-12-26(13-9-24)35-20-6-7-21-36-27-17-19-31(22-27)25-10-14-28(15-11-25)38(4,33)34/h8-15,23,27H,5-7,16-22H2,1-4H3. The number of hydrogen-bond donors (Lipinski definition) is 0. The molecule has 38 heavy (non-hydrogen) atoms. The normalized spacial score (nSPS) is 15.6. The first kappa shape index (κ1) is 29.8. The zero-order valence-corrected chi connectivity index (χ0v) is 23.9. The highest BCUT2D eigenvalue weighted by molar-refractivity contribution is 7.90. The van der Waals surface area contributed by atoms with Crippen LogP contribution in [0, 0.1) is 0 Å². The number of carbonyl (C=O) groups excluding carboxylic acids is 1. The zero-order chi connectivity index (χ0) is 27.5. The van der Waals surface area contributed by atoms with Crippen molar-refractivity contribution < 1.29 is 27.4 Å². The number of unbranched alkanes of at least 4 members (excludes halogenated alkanes) is 1. The maximum Gasteiger partial charge on any atom is 0.410 e. The van der Waals surface area contributed by atoms with Crippen LogP contribution in [0.15, 0.2) is 53.4 Å². The molecule has 3 rings (SSSR count). The summed E-state index contributed by atoms with van der Waals surface area (Å²) in [6, 6.07) is 15.1. The van der Waals surface area contributed by atoms with Crippen LogP contribution in [0.4, 0.5) is 10.5 Å². The van der Waals surface area contributed by atoms with Crippen LogP contribution >= 0.6 is 0 Å². The van der Waals surface area contributed by atoms with Crippen molar-refractivity contribution in [2.24, 2.45) is 0 Å². The number of likely N-dealkylation sites (N-methyl/N-ethyl adjacent to an activating group) is 1. The molecule has 2 aromatic rings. The first-order valence-corrected chi connectivity index (χ1v) is 15.4. The maximum absolute atomic E-state index is 12.1. The highest BCUT2D eigenvalue weighted by atomic mass is 32.2. The van der Waals surface area contributed by atoms with E-state index in [1.807, 2.05) is 57.2 Å². The highest BCUT2D eigenvalue weighted by Gasteiger charge is 2.23. The molecule has 0 spiro atoms. The predicted octanol–water partition coefficient (Wildman–Crippen LogP) is 4.95. The second kappa shape index (κ2) is 14.4. The predicted molar refractivity (Wildman–Crippen MR) is 150 cm³/mol. The molecule has 0 saturated carbocycles. The van der Waals surface area contributed by atoms with E-state index in [0.29, 0.717) is 31.2 Å². The van der Waals surface area contributed by atoms with Crippen LogP contribution < -0.4 is 9.64 Å². The Morgan fingerprint density at radius 1 is 1.05 bits per heavy atom. The van der Waals surface area contributed by atoms with E-state index in [1.54, 1.807) is 17.0 Å². The van der Waals surface area contributed by atoms with E-state index in [9.17, 15) is 13.2 Å². The second-order valence-corrected chi connectivity index (χ2v) is 12.0. The monoisotopic (exact) mass is 546 g/mol. The van der Waals surface area contributed by atoms with Crippen LogP contribution in [0.3, 0.4) is 0 Å². The first-order valence-electron chi connectivity index (χ1n) is 13.5. The SMILES string of the molecule is CCN(CCc1ccc(OCCCCOC2CCN(c3ccc(S(C)(=O)=O)cc3)C2)cc1)C(=O)OC(C)C. The Morgan fingerprint density at radius 3 is 2.37 bits per heavy atom. The van der Waals surface area contributed by atoms with Gasteiger partial charge in [-0.1, -0.05) is 12.1 Å². The summed E-state index contributed by atoms with van der Waals surface area (Å²) >= 11 is 0. The van der Waals surface area contributed by atoms with Crippen LogP contribution in [0.5, 0.6) is 5.75 Å². The third-order valence-electron chi connectivity index (χ3n) is 6.51. The summed E-state index contributed by atoms with van der Waals surface area (Å²) in [6.45, 7) is 9.96. The van der Waals surface area contributed by atoms with Crippen LogP contribution in [0.2, 0.25) is 0 Å². The van der Waals surface area contributed by atoms with Gasteiger partial charge in [-0.05, 0) is 88.4 Å². The molecule has 2 aromatic carbocycles. The van der Waals surface area contributed by atoms with Gasteiger partial charge < -0.3 is 24.0 Å². The van der Waals surface area contributed by atoms with Crippen molar-refractivity contribution in [1.29, 1.82) is 0 Å². The Balaban J connectivity index is 1.28. The van der Waals surface area contributed by atoms with E-state index in [-0.39, 0.29) is 18.3 Å². The molecule has 1 heterocycles. The van der Waals surface area contributed by atoms with Crippen molar-refractivity contribution in [3.63, 3.8) is 0 Å². The van der Waals surface area contributed by atoms with Crippen molar-refractivity contribution >= 4 is 21.6 Å². The highest BCUT2D eigenvalue weighted by Crippen LogP contribution is 2.23. The van der Waals surface area contributed by atoms with Gasteiger partial charge in [0.1, 0.15) is 5.75 Å². The van der Waals surface area contributed by atoms with Gasteiger partial charge in [0.15, 0.2) is 9.84 Å². The molecule has 1 atom stereocenters. The van der Waals surface area contributed by atoms with E-state index in [4.69, 9.17) is 14.2 Å². The van der Waals surface area contributed by atoms with Gasteiger partial charge in [-0.15, -0.1) is 0 Å². The number of ether oxygens (including phenoxy) is 3. The molecular formula is C29H42N2O6S. The summed E-state index contributed by atoms with van der Waals surface area (Å²) in [6.07, 6.45) is 4.60. The van der Waals surface area contributed by atoms with Gasteiger partial charge in [0.05, 0.1) is 23.7 Å². The third-order valence-corrected chi connectivity index (χ3v) is 7.63. The summed E-state index contributed by atoms with van der Waals surface area (Å²) in [4.78, 5) is 16.4. The molecule has 0 aromatic heterocycles. The third kappa shape index (κ3) is 9.51. The molecule has 1 amide bonds. The molecule has 1 unspecified atom stereocenters. The number of anilines is 1. The van der Waals surface area contributed by atoms with E-state index in [1.165, 1.54) is 6.26 Å². The summed E-state index contributed by atoms with van der Waals surface area (Å²) in [7, 11) is -3.17. The minimum atomic E-state index is -3.17. The lowest BCUT2D eigenvalue weighted by atomic mass is 10.1. The molecule has 9 heteroatoms. The van der Waals surface area contributed by atoms with Gasteiger partial charge in [-0.2, -0.15) is 0 Å². The van der Waals surface area contributed by atoms with Crippen LogP contribution in [-0.4, -0.2) is 77.3 Å². The lowest BCUT2D eigenvalue weighted by Gasteiger charge is -2.21. The molecule has 0 aliphatic carbocycles. The number of hydrogen-bond acceptors (Lipinski definition) is 7. The first-order chi connectivity index (χ1) is 18.2. The Bertz CT molecular complexity index is 1100. The molecular weight excluding hydrogens is 504 g/mol. The average molecular weight is 547 g/mol. The Morgan fingerprint density at radius 2 is 1.74 bits per heavy atom. The number of sulfone groups is 1. The van der Waals surface area contributed by atoms with E-state index >= 15 is 0 Å². The second-order valence-electron chi connectivity index (χ2n) is 9.96. The summed E-state index contributed by atoms with van der Waals surface area (Å²) in [5.41, 5.74) is 2.18. The number of carbonyl (C=O) groups is 1. The van der Waals surface area contributed by atoms with E-state index in [2.05, 4.69) is 4.90 Å². The number of amides is 1. The zero-order valence-electron chi connectivity index (χ0n) is 23.1. The summed E-state index contributed by atoms with van der Waals surface area (Å²) in [5.74, 6) is 0.842. The molecule has 0 N–H and O–H groups in total. The molecule has 1 aliphatic heterocycles. The molecule has 210 valence electrons. The van der Waals surface area contributed by atoms with E-state index in [0.717, 1.165) is 55.8 Å². The van der Waals surface area contributed by atoms with Gasteiger partial charge in [-0.25, -0.2) is 13.2 Å². The van der Waals surface area contributed by atoms with Gasteiger partial charge in [-0.3, -0.25) is 0 Å². The van der Waals surface area contributed by atoms with Gasteiger partial charge in [0.2, 0.25) is 0 Å². The fourth-order valence-corrected chi connectivity index (χ4v) is 4.95. The van der Waals surface area contributed by atoms with Gasteiger partial charge >= 0.3 is 6.09 Å². The fourth-order valence-electron chi connectivity index (χ4n) is 4.32. The Kier molecular flexibility index (Phi) is 11.3. The lowest BCUT2D eigenvalue weighted by Crippen LogP contribution is -2.34. The number of nitrogens with zero attached hydrogens (tertiary/aromatic N) is 2. The summed E-state index contributed by atoms with van der Waals surface area (Å²) < 4.78 is 40.5. The Hall–Kier alpha value is -2.78. The van der Waals surface area contributed by atoms with Crippen LogP contribution in [0.1, 0.15) is 45.6 Å². The molecule has 1 fully saturated rings. The van der Waals surface area contributed by atoms with Gasteiger partial charge in [0, 0.05) is 44.7 Å². The average Bonchev–Trinajstić information content (AvgIpc) is 3.35. The maximum atomic E-state index is 12.1. The van der Waals surface area contributed by atoms with Crippen molar-refractivity contribution in [2.75, 3.05) is 50.5 Å². The van der Waals surface area contributed by atoms with Crippen LogP contribution in [0.25, 0.3) is 0 Å². The minimum Gasteiger partial charge on any atom is -0.494 e. The molecule has 1 aliphatic rings. The Labute approximate surface area is 227 Å². The van der Waals surface area contributed by atoms with E-state index < -0.39 is 9.84 Å². The summed E-state index contributed by atoms with van der Waals surface area (Å²) in [5, 5.41) is 0. The molecule has 1 saturated heterocycles. The van der Waals surface area contributed by atoms with Crippen molar-refractivity contribution in [2.45, 2.75) is 63.6 Å². The largest absolute Gasteiger partial charge is 0.494 e. The quantitative estimate of drug-likeness (QED) is 0.310. The smallest absolute Gasteiger partial charge is 0.410 e.